The molecule has 3 nitrogen and oxygen atoms in total. The van der Waals surface area contributed by atoms with Crippen molar-refractivity contribution in [2.75, 3.05) is 19.4 Å². The first-order chi connectivity index (χ1) is 6.63. The molecule has 2 unspecified atom stereocenters. The molecule has 1 aliphatic rings. The van der Waals surface area contributed by atoms with Gasteiger partial charge in [-0.1, -0.05) is 0 Å². The van der Waals surface area contributed by atoms with Gasteiger partial charge >= 0.3 is 0 Å². The van der Waals surface area contributed by atoms with Gasteiger partial charge in [0.2, 0.25) is 0 Å². The molecule has 84 valence electrons. The molecule has 0 amide bonds. The van der Waals surface area contributed by atoms with Crippen LogP contribution in [0.2, 0.25) is 0 Å². The summed E-state index contributed by atoms with van der Waals surface area (Å²) < 4.78 is 16.5. The van der Waals surface area contributed by atoms with Gasteiger partial charge in [-0.05, 0) is 26.7 Å². The summed E-state index contributed by atoms with van der Waals surface area (Å²) in [5.74, 6) is 0. The maximum atomic E-state index is 11.1. The zero-order chi connectivity index (χ0) is 10.6. The number of hydrogen-bond donors (Lipinski definition) is 1. The molecule has 0 bridgehead atoms. The molecule has 0 aromatic carbocycles. The van der Waals surface area contributed by atoms with Gasteiger partial charge < -0.3 is 10.1 Å². The van der Waals surface area contributed by atoms with Gasteiger partial charge in [-0.15, -0.1) is 0 Å². The fourth-order valence-electron chi connectivity index (χ4n) is 1.55. The van der Waals surface area contributed by atoms with Crippen molar-refractivity contribution in [3.8, 4) is 0 Å². The molecule has 0 heterocycles. The van der Waals surface area contributed by atoms with Crippen molar-refractivity contribution in [1.82, 2.24) is 5.32 Å². The first kappa shape index (κ1) is 12.1. The smallest absolute Gasteiger partial charge is 0.0604 e. The summed E-state index contributed by atoms with van der Waals surface area (Å²) in [5, 5.41) is 3.67. The summed E-state index contributed by atoms with van der Waals surface area (Å²) >= 11 is 0. The molecule has 0 saturated heterocycles. The molecule has 4 heteroatoms. The van der Waals surface area contributed by atoms with Gasteiger partial charge in [0, 0.05) is 41.5 Å². The normalized spacial score (nSPS) is 30.8. The molecule has 0 aliphatic heterocycles. The van der Waals surface area contributed by atoms with Gasteiger partial charge in [-0.25, -0.2) is 0 Å². The Morgan fingerprint density at radius 1 is 1.57 bits per heavy atom. The fourth-order valence-corrected chi connectivity index (χ4v) is 1.89. The van der Waals surface area contributed by atoms with Gasteiger partial charge in [-0.3, -0.25) is 4.21 Å². The SMILES string of the molecule is CCOC1CC(NCC(C)S(C)=O)C1. The van der Waals surface area contributed by atoms with Gasteiger partial charge in [0.05, 0.1) is 6.10 Å². The Morgan fingerprint density at radius 2 is 2.21 bits per heavy atom. The quantitative estimate of drug-likeness (QED) is 0.721. The molecular formula is C10H21NO2S. The van der Waals surface area contributed by atoms with Gasteiger partial charge in [0.1, 0.15) is 0 Å². The minimum absolute atomic E-state index is 0.251. The van der Waals surface area contributed by atoms with Crippen molar-refractivity contribution in [1.29, 1.82) is 0 Å². The highest BCUT2D eigenvalue weighted by atomic mass is 32.2. The Labute approximate surface area is 89.1 Å². The van der Waals surface area contributed by atoms with Crippen molar-refractivity contribution in [2.45, 2.75) is 44.1 Å². The Balaban J connectivity index is 2.03. The lowest BCUT2D eigenvalue weighted by Crippen LogP contribution is -2.47. The lowest BCUT2D eigenvalue weighted by molar-refractivity contribution is -0.00959. The number of nitrogens with one attached hydrogen (secondary N) is 1. The highest BCUT2D eigenvalue weighted by molar-refractivity contribution is 7.84. The van der Waals surface area contributed by atoms with Gasteiger partial charge in [0.15, 0.2) is 0 Å². The third kappa shape index (κ3) is 3.67. The van der Waals surface area contributed by atoms with E-state index in [2.05, 4.69) is 5.32 Å². The number of rotatable bonds is 6. The van der Waals surface area contributed by atoms with Gasteiger partial charge in [0.25, 0.3) is 0 Å². The van der Waals surface area contributed by atoms with E-state index < -0.39 is 10.8 Å². The van der Waals surface area contributed by atoms with E-state index in [0.717, 1.165) is 26.0 Å². The summed E-state index contributed by atoms with van der Waals surface area (Å²) in [5.41, 5.74) is 0. The van der Waals surface area contributed by atoms with Crippen LogP contribution in [-0.4, -0.2) is 41.0 Å². The number of hydrogen-bond acceptors (Lipinski definition) is 3. The van der Waals surface area contributed by atoms with Gasteiger partial charge in [-0.2, -0.15) is 0 Å². The summed E-state index contributed by atoms with van der Waals surface area (Å²) in [6.07, 6.45) is 4.43. The van der Waals surface area contributed by atoms with Crippen molar-refractivity contribution >= 4 is 10.8 Å². The van der Waals surface area contributed by atoms with Crippen molar-refractivity contribution in [3.05, 3.63) is 0 Å². The molecule has 2 atom stereocenters. The lowest BCUT2D eigenvalue weighted by atomic mass is 9.89. The van der Waals surface area contributed by atoms with Crippen LogP contribution in [0.25, 0.3) is 0 Å². The van der Waals surface area contributed by atoms with E-state index in [0.29, 0.717) is 12.1 Å². The Bertz CT molecular complexity index is 193. The molecule has 1 fully saturated rings. The third-order valence-electron chi connectivity index (χ3n) is 2.76. The molecule has 0 aromatic heterocycles. The van der Waals surface area contributed by atoms with E-state index in [1.165, 1.54) is 0 Å². The molecule has 0 radical (unpaired) electrons. The minimum Gasteiger partial charge on any atom is -0.378 e. The standard InChI is InChI=1S/C10H21NO2S/c1-4-13-10-5-9(6-10)11-7-8(2)14(3)12/h8-11H,4-7H2,1-3H3. The predicted octanol–water partition coefficient (Wildman–Crippen LogP) is 0.910. The van der Waals surface area contributed by atoms with Crippen LogP contribution < -0.4 is 5.32 Å². The van der Waals surface area contributed by atoms with Crippen LogP contribution in [0.15, 0.2) is 0 Å². The molecule has 0 aromatic rings. The summed E-state index contributed by atoms with van der Waals surface area (Å²) in [6.45, 7) is 5.71. The summed E-state index contributed by atoms with van der Waals surface area (Å²) in [6, 6.07) is 0.581. The average Bonchev–Trinajstić information content (AvgIpc) is 2.08. The monoisotopic (exact) mass is 219 g/mol. The van der Waals surface area contributed by atoms with Crippen LogP contribution in [-0.2, 0) is 15.5 Å². The zero-order valence-electron chi connectivity index (χ0n) is 9.29. The van der Waals surface area contributed by atoms with Crippen LogP contribution in [0.4, 0.5) is 0 Å². The fraction of sp³-hybridized carbons (Fsp3) is 1.00. The predicted molar refractivity (Wildman–Crippen MR) is 60.0 cm³/mol. The van der Waals surface area contributed by atoms with Crippen molar-refractivity contribution in [3.63, 3.8) is 0 Å². The topological polar surface area (TPSA) is 38.3 Å². The highest BCUT2D eigenvalue weighted by Crippen LogP contribution is 2.23. The summed E-state index contributed by atoms with van der Waals surface area (Å²) in [7, 11) is -0.711. The van der Waals surface area contributed by atoms with E-state index in [1.807, 2.05) is 13.8 Å². The first-order valence-corrected chi connectivity index (χ1v) is 6.92. The molecule has 1 saturated carbocycles. The van der Waals surface area contributed by atoms with E-state index in [-0.39, 0.29) is 5.25 Å². The van der Waals surface area contributed by atoms with Crippen LogP contribution >= 0.6 is 0 Å². The maximum Gasteiger partial charge on any atom is 0.0604 e. The minimum atomic E-state index is -0.711. The first-order valence-electron chi connectivity index (χ1n) is 5.30. The van der Waals surface area contributed by atoms with Crippen LogP contribution in [0.5, 0.6) is 0 Å². The van der Waals surface area contributed by atoms with E-state index >= 15 is 0 Å². The van der Waals surface area contributed by atoms with E-state index in [4.69, 9.17) is 4.74 Å². The van der Waals surface area contributed by atoms with E-state index in [1.54, 1.807) is 6.26 Å². The second kappa shape index (κ2) is 5.83. The van der Waals surface area contributed by atoms with Crippen molar-refractivity contribution < 1.29 is 8.95 Å². The Kier molecular flexibility index (Phi) is 5.06. The van der Waals surface area contributed by atoms with E-state index in [9.17, 15) is 4.21 Å². The molecule has 1 N–H and O–H groups in total. The molecule has 0 spiro atoms. The maximum absolute atomic E-state index is 11.1. The second-order valence-corrected chi connectivity index (χ2v) is 5.77. The van der Waals surface area contributed by atoms with Crippen LogP contribution in [0.3, 0.4) is 0 Å². The Hall–Kier alpha value is 0.0700. The summed E-state index contributed by atoms with van der Waals surface area (Å²) in [4.78, 5) is 0. The molecule has 1 aliphatic carbocycles. The lowest BCUT2D eigenvalue weighted by Gasteiger charge is -2.36. The largest absolute Gasteiger partial charge is 0.378 e. The van der Waals surface area contributed by atoms with Crippen LogP contribution in [0, 0.1) is 0 Å². The molecule has 14 heavy (non-hydrogen) atoms. The third-order valence-corrected chi connectivity index (χ3v) is 4.06. The highest BCUT2D eigenvalue weighted by Gasteiger charge is 2.29. The Morgan fingerprint density at radius 3 is 2.71 bits per heavy atom. The average molecular weight is 219 g/mol. The number of ether oxygens (including phenoxy) is 1. The van der Waals surface area contributed by atoms with Crippen LogP contribution in [0.1, 0.15) is 26.7 Å². The molecule has 1 rings (SSSR count). The second-order valence-electron chi connectivity index (χ2n) is 3.96. The zero-order valence-corrected chi connectivity index (χ0v) is 10.1. The molecular weight excluding hydrogens is 198 g/mol. The van der Waals surface area contributed by atoms with Crippen molar-refractivity contribution in [2.24, 2.45) is 0 Å².